The van der Waals surface area contributed by atoms with E-state index in [9.17, 15) is 8.42 Å². The third kappa shape index (κ3) is 3.07. The van der Waals surface area contributed by atoms with Gasteiger partial charge >= 0.3 is 0 Å². The molecule has 2 N–H and O–H groups in total. The summed E-state index contributed by atoms with van der Waals surface area (Å²) < 4.78 is 24.7. The number of nitrogens with two attached hydrogens (primary N) is 1. The Balaban J connectivity index is 2.01. The van der Waals surface area contributed by atoms with Gasteiger partial charge in [0.1, 0.15) is 15.7 Å². The molecule has 0 amide bonds. The number of fused-ring (bicyclic) bond motifs is 1. The molecule has 0 bridgehead atoms. The zero-order valence-electron chi connectivity index (χ0n) is 11.8. The first-order valence-corrected chi connectivity index (χ1v) is 9.40. The Hall–Kier alpha value is -1.11. The van der Waals surface area contributed by atoms with Crippen molar-refractivity contribution in [2.75, 3.05) is 12.0 Å². The molecule has 1 atom stereocenters. The normalized spacial score (nSPS) is 17.3. The number of nitrogens with zero attached hydrogens (tertiary/aromatic N) is 2. The number of hydrogen-bond acceptors (Lipinski definition) is 4. The van der Waals surface area contributed by atoms with Crippen molar-refractivity contribution in [2.45, 2.75) is 31.3 Å². The molecule has 1 aliphatic carbocycles. The third-order valence-corrected chi connectivity index (χ3v) is 5.01. The first kappa shape index (κ1) is 14.8. The first-order valence-electron chi connectivity index (χ1n) is 6.96. The molecule has 21 heavy (non-hydrogen) atoms. The summed E-state index contributed by atoms with van der Waals surface area (Å²) in [6.07, 6.45) is 3.76. The predicted octanol–water partition coefficient (Wildman–Crippen LogP) is 2.46. The van der Waals surface area contributed by atoms with Crippen molar-refractivity contribution in [3.05, 3.63) is 29.0 Å². The van der Waals surface area contributed by atoms with E-state index in [-0.39, 0.29) is 5.75 Å². The Labute approximate surface area is 129 Å². The minimum Gasteiger partial charge on any atom is -0.322 e. The van der Waals surface area contributed by atoms with E-state index in [1.165, 1.54) is 6.26 Å². The van der Waals surface area contributed by atoms with E-state index in [0.29, 0.717) is 17.5 Å². The fourth-order valence-corrected chi connectivity index (χ4v) is 3.50. The molecule has 1 aliphatic rings. The van der Waals surface area contributed by atoms with Gasteiger partial charge in [0.2, 0.25) is 0 Å². The van der Waals surface area contributed by atoms with Crippen LogP contribution in [0.3, 0.4) is 0 Å². The minimum absolute atomic E-state index is 0.0652. The van der Waals surface area contributed by atoms with Crippen LogP contribution in [0.15, 0.2) is 18.2 Å². The van der Waals surface area contributed by atoms with Crippen molar-refractivity contribution < 1.29 is 8.42 Å². The number of hydrogen-bond donors (Lipinski definition) is 1. The van der Waals surface area contributed by atoms with Gasteiger partial charge in [-0.2, -0.15) is 0 Å². The van der Waals surface area contributed by atoms with Gasteiger partial charge in [-0.15, -0.1) is 0 Å². The first-order chi connectivity index (χ1) is 9.87. The van der Waals surface area contributed by atoms with Crippen LogP contribution in [0.1, 0.15) is 37.2 Å². The molecule has 1 heterocycles. The van der Waals surface area contributed by atoms with Crippen molar-refractivity contribution in [1.29, 1.82) is 0 Å². The lowest BCUT2D eigenvalue weighted by Crippen LogP contribution is -2.19. The standard InChI is InChI=1S/C14H18ClN3O2S/c1-21(19,20)8-7-11(16)14-17-12-4-2-3-10(15)13(12)18(14)9-5-6-9/h2-4,9,11H,5-8,16H2,1H3. The monoisotopic (exact) mass is 327 g/mol. The third-order valence-electron chi connectivity index (χ3n) is 3.73. The summed E-state index contributed by atoms with van der Waals surface area (Å²) in [5.74, 6) is 0.805. The van der Waals surface area contributed by atoms with Crippen molar-refractivity contribution in [3.63, 3.8) is 0 Å². The molecule has 0 saturated heterocycles. The molecule has 7 heteroatoms. The molecular formula is C14H18ClN3O2S. The van der Waals surface area contributed by atoms with Crippen molar-refractivity contribution in [3.8, 4) is 0 Å². The Morgan fingerprint density at radius 1 is 1.48 bits per heavy atom. The van der Waals surface area contributed by atoms with Gasteiger partial charge in [-0.3, -0.25) is 0 Å². The quantitative estimate of drug-likeness (QED) is 0.915. The number of sulfone groups is 1. The fraction of sp³-hybridized carbons (Fsp3) is 0.500. The van der Waals surface area contributed by atoms with Gasteiger partial charge in [0.25, 0.3) is 0 Å². The van der Waals surface area contributed by atoms with Crippen LogP contribution in [0.25, 0.3) is 11.0 Å². The van der Waals surface area contributed by atoms with Gasteiger partial charge < -0.3 is 10.3 Å². The second-order valence-electron chi connectivity index (χ2n) is 5.70. The summed E-state index contributed by atoms with van der Waals surface area (Å²) in [4.78, 5) is 4.59. The molecule has 114 valence electrons. The topological polar surface area (TPSA) is 78.0 Å². The summed E-state index contributed by atoms with van der Waals surface area (Å²) in [6, 6.07) is 5.60. The lowest BCUT2D eigenvalue weighted by molar-refractivity contribution is 0.570. The summed E-state index contributed by atoms with van der Waals surface area (Å²) in [5, 5.41) is 0.661. The number of para-hydroxylation sites is 1. The Morgan fingerprint density at radius 3 is 2.81 bits per heavy atom. The number of imidazole rings is 1. The smallest absolute Gasteiger partial charge is 0.147 e. The molecule has 1 fully saturated rings. The molecular weight excluding hydrogens is 310 g/mol. The minimum atomic E-state index is -3.03. The van der Waals surface area contributed by atoms with Gasteiger partial charge in [-0.1, -0.05) is 17.7 Å². The molecule has 0 radical (unpaired) electrons. The number of benzene rings is 1. The highest BCUT2D eigenvalue weighted by molar-refractivity contribution is 7.90. The van der Waals surface area contributed by atoms with E-state index < -0.39 is 15.9 Å². The van der Waals surface area contributed by atoms with Crippen molar-refractivity contribution in [1.82, 2.24) is 9.55 Å². The van der Waals surface area contributed by atoms with Gasteiger partial charge in [0, 0.05) is 12.3 Å². The maximum absolute atomic E-state index is 11.3. The Morgan fingerprint density at radius 2 is 2.19 bits per heavy atom. The van der Waals surface area contributed by atoms with Gasteiger partial charge in [0.05, 0.1) is 27.9 Å². The maximum atomic E-state index is 11.3. The van der Waals surface area contributed by atoms with Crippen LogP contribution in [0.5, 0.6) is 0 Å². The lowest BCUT2D eigenvalue weighted by Gasteiger charge is -2.14. The van der Waals surface area contributed by atoms with Crippen molar-refractivity contribution in [2.24, 2.45) is 5.73 Å². The van der Waals surface area contributed by atoms with E-state index >= 15 is 0 Å². The van der Waals surface area contributed by atoms with Crippen LogP contribution in [0.2, 0.25) is 5.02 Å². The number of halogens is 1. The van der Waals surface area contributed by atoms with E-state index in [4.69, 9.17) is 17.3 Å². The van der Waals surface area contributed by atoms with Crippen LogP contribution < -0.4 is 5.73 Å². The molecule has 1 aromatic carbocycles. The highest BCUT2D eigenvalue weighted by atomic mass is 35.5. The van der Waals surface area contributed by atoms with Crippen LogP contribution >= 0.6 is 11.6 Å². The molecule has 3 rings (SSSR count). The second kappa shape index (κ2) is 5.26. The van der Waals surface area contributed by atoms with Crippen LogP contribution in [-0.4, -0.2) is 30.0 Å². The summed E-state index contributed by atoms with van der Waals surface area (Å²) in [7, 11) is -3.03. The molecule has 0 aliphatic heterocycles. The van der Waals surface area contributed by atoms with Crippen LogP contribution in [0, 0.1) is 0 Å². The molecule has 1 aromatic heterocycles. The Bertz CT molecular complexity index is 781. The number of aromatic nitrogens is 2. The van der Waals surface area contributed by atoms with Gasteiger partial charge in [0.15, 0.2) is 0 Å². The van der Waals surface area contributed by atoms with Crippen LogP contribution in [-0.2, 0) is 9.84 Å². The maximum Gasteiger partial charge on any atom is 0.147 e. The molecule has 2 aromatic rings. The Kier molecular flexibility index (Phi) is 3.71. The second-order valence-corrected chi connectivity index (χ2v) is 8.37. The van der Waals surface area contributed by atoms with E-state index in [2.05, 4.69) is 9.55 Å². The van der Waals surface area contributed by atoms with Crippen molar-refractivity contribution >= 4 is 32.5 Å². The average molecular weight is 328 g/mol. The molecule has 1 saturated carbocycles. The highest BCUT2D eigenvalue weighted by Gasteiger charge is 2.31. The SMILES string of the molecule is CS(=O)(=O)CCC(N)c1nc2cccc(Cl)c2n1C1CC1. The average Bonchev–Trinajstić information content (AvgIpc) is 3.16. The zero-order valence-corrected chi connectivity index (χ0v) is 13.4. The summed E-state index contributed by atoms with van der Waals surface area (Å²) >= 11 is 6.30. The molecule has 1 unspecified atom stereocenters. The fourth-order valence-electron chi connectivity index (χ4n) is 2.56. The predicted molar refractivity (Wildman–Crippen MR) is 84.3 cm³/mol. The molecule has 0 spiro atoms. The highest BCUT2D eigenvalue weighted by Crippen LogP contribution is 2.41. The van der Waals surface area contributed by atoms with E-state index in [1.807, 2.05) is 18.2 Å². The molecule has 5 nitrogen and oxygen atoms in total. The summed E-state index contributed by atoms with van der Waals surface area (Å²) in [5.41, 5.74) is 7.92. The van der Waals surface area contributed by atoms with Gasteiger partial charge in [-0.05, 0) is 31.4 Å². The zero-order chi connectivity index (χ0) is 15.2. The van der Waals surface area contributed by atoms with E-state index in [0.717, 1.165) is 29.7 Å². The van der Waals surface area contributed by atoms with E-state index in [1.54, 1.807) is 0 Å². The van der Waals surface area contributed by atoms with Crippen LogP contribution in [0.4, 0.5) is 0 Å². The van der Waals surface area contributed by atoms with Gasteiger partial charge in [-0.25, -0.2) is 13.4 Å². The largest absolute Gasteiger partial charge is 0.322 e. The summed E-state index contributed by atoms with van der Waals surface area (Å²) in [6.45, 7) is 0. The number of rotatable bonds is 5. The lowest BCUT2D eigenvalue weighted by atomic mass is 10.2.